The van der Waals surface area contributed by atoms with E-state index in [-0.39, 0.29) is 10.8 Å². The third-order valence-electron chi connectivity index (χ3n) is 2.71. The third kappa shape index (κ3) is 2.09. The van der Waals surface area contributed by atoms with E-state index in [9.17, 15) is 4.39 Å². The van der Waals surface area contributed by atoms with Crippen LogP contribution in [0.25, 0.3) is 0 Å². The van der Waals surface area contributed by atoms with Crippen LogP contribution in [-0.4, -0.2) is 18.1 Å². The van der Waals surface area contributed by atoms with E-state index in [2.05, 4.69) is 0 Å². The lowest BCUT2D eigenvalue weighted by molar-refractivity contribution is 0.621. The van der Waals surface area contributed by atoms with Crippen molar-refractivity contribution in [1.29, 1.82) is 0 Å². The van der Waals surface area contributed by atoms with Crippen molar-refractivity contribution in [3.05, 3.63) is 29.6 Å². The molecule has 1 aliphatic rings. The molecule has 1 saturated carbocycles. The maximum Gasteiger partial charge on any atom is 0.147 e. The molecule has 0 aliphatic heterocycles. The van der Waals surface area contributed by atoms with Gasteiger partial charge in [-0.15, -0.1) is 0 Å². The molecule has 0 atom stereocenters. The molecule has 0 spiro atoms. The minimum absolute atomic E-state index is 0.231. The second-order valence-corrected chi connectivity index (χ2v) is 4.31. The number of hydrogen-bond acceptors (Lipinski definition) is 2. The highest BCUT2D eigenvalue weighted by molar-refractivity contribution is 7.80. The lowest BCUT2D eigenvalue weighted by Gasteiger charge is -2.19. The zero-order valence-corrected chi connectivity index (χ0v) is 9.35. The van der Waals surface area contributed by atoms with E-state index in [4.69, 9.17) is 18.0 Å². The van der Waals surface area contributed by atoms with Gasteiger partial charge in [-0.25, -0.2) is 4.39 Å². The molecule has 4 heteroatoms. The summed E-state index contributed by atoms with van der Waals surface area (Å²) in [4.78, 5) is 2.20. The molecule has 1 aliphatic carbocycles. The molecule has 15 heavy (non-hydrogen) atoms. The SMILES string of the molecule is CN(c1ccc(C(N)=S)cc1F)C1CC1. The van der Waals surface area contributed by atoms with E-state index in [1.165, 1.54) is 6.07 Å². The van der Waals surface area contributed by atoms with Crippen molar-refractivity contribution in [2.45, 2.75) is 18.9 Å². The topological polar surface area (TPSA) is 29.3 Å². The molecule has 0 saturated heterocycles. The Morgan fingerprint density at radius 2 is 2.20 bits per heavy atom. The number of thiocarbonyl (C=S) groups is 1. The predicted octanol–water partition coefficient (Wildman–Crippen LogP) is 2.06. The lowest BCUT2D eigenvalue weighted by atomic mass is 10.2. The summed E-state index contributed by atoms with van der Waals surface area (Å²) in [5.74, 6) is -0.255. The van der Waals surface area contributed by atoms with Crippen molar-refractivity contribution in [1.82, 2.24) is 0 Å². The fraction of sp³-hybridized carbons (Fsp3) is 0.364. The zero-order chi connectivity index (χ0) is 11.0. The Balaban J connectivity index is 2.29. The number of hydrogen-bond donors (Lipinski definition) is 1. The van der Waals surface area contributed by atoms with E-state index in [1.54, 1.807) is 12.1 Å². The number of halogens is 1. The highest BCUT2D eigenvalue weighted by atomic mass is 32.1. The van der Waals surface area contributed by atoms with Gasteiger partial charge < -0.3 is 10.6 Å². The van der Waals surface area contributed by atoms with Gasteiger partial charge in [0, 0.05) is 18.7 Å². The molecule has 0 heterocycles. The Hall–Kier alpha value is -1.16. The van der Waals surface area contributed by atoms with Gasteiger partial charge >= 0.3 is 0 Å². The minimum atomic E-state index is -0.255. The van der Waals surface area contributed by atoms with Crippen LogP contribution in [0.1, 0.15) is 18.4 Å². The summed E-state index contributed by atoms with van der Waals surface area (Å²) in [7, 11) is 1.91. The molecule has 1 fully saturated rings. The Bertz CT molecular complexity index is 402. The van der Waals surface area contributed by atoms with Gasteiger partial charge in [-0.05, 0) is 31.0 Å². The fourth-order valence-electron chi connectivity index (χ4n) is 1.60. The maximum atomic E-state index is 13.7. The quantitative estimate of drug-likeness (QED) is 0.797. The van der Waals surface area contributed by atoms with Gasteiger partial charge in [0.1, 0.15) is 10.8 Å². The van der Waals surface area contributed by atoms with Crippen LogP contribution < -0.4 is 10.6 Å². The average molecular weight is 224 g/mol. The van der Waals surface area contributed by atoms with E-state index < -0.39 is 0 Å². The molecule has 1 aromatic rings. The normalized spacial score (nSPS) is 15.1. The summed E-state index contributed by atoms with van der Waals surface area (Å²) >= 11 is 4.79. The second-order valence-electron chi connectivity index (χ2n) is 3.87. The molecule has 1 aromatic carbocycles. The van der Waals surface area contributed by atoms with Crippen LogP contribution in [0.3, 0.4) is 0 Å². The molecular formula is C11H13FN2S. The van der Waals surface area contributed by atoms with Gasteiger partial charge in [-0.2, -0.15) is 0 Å². The molecule has 0 amide bonds. The van der Waals surface area contributed by atoms with Crippen LogP contribution in [0.4, 0.5) is 10.1 Å². The largest absolute Gasteiger partial charge is 0.389 e. The monoisotopic (exact) mass is 224 g/mol. The van der Waals surface area contributed by atoms with Crippen LogP contribution in [0.5, 0.6) is 0 Å². The predicted molar refractivity (Wildman–Crippen MR) is 63.7 cm³/mol. The van der Waals surface area contributed by atoms with E-state index in [0.717, 1.165) is 12.8 Å². The maximum absolute atomic E-state index is 13.7. The molecule has 0 radical (unpaired) electrons. The average Bonchev–Trinajstić information content (AvgIpc) is 2.99. The number of anilines is 1. The Labute approximate surface area is 93.9 Å². The van der Waals surface area contributed by atoms with E-state index in [1.807, 2.05) is 11.9 Å². The first kappa shape index (κ1) is 10.4. The highest BCUT2D eigenvalue weighted by Crippen LogP contribution is 2.31. The van der Waals surface area contributed by atoms with Crippen LogP contribution in [0.15, 0.2) is 18.2 Å². The van der Waals surface area contributed by atoms with Gasteiger partial charge in [-0.1, -0.05) is 12.2 Å². The second kappa shape index (κ2) is 3.77. The van der Waals surface area contributed by atoms with Crippen molar-refractivity contribution in [3.63, 3.8) is 0 Å². The number of nitrogens with zero attached hydrogens (tertiary/aromatic N) is 1. The zero-order valence-electron chi connectivity index (χ0n) is 8.53. The van der Waals surface area contributed by atoms with Crippen LogP contribution in [0.2, 0.25) is 0 Å². The molecule has 2 rings (SSSR count). The summed E-state index contributed by atoms with van der Waals surface area (Å²) in [5, 5.41) is 0. The van der Waals surface area contributed by atoms with Crippen molar-refractivity contribution in [2.75, 3.05) is 11.9 Å². The summed E-state index contributed by atoms with van der Waals surface area (Å²) in [5.41, 5.74) is 6.63. The Morgan fingerprint density at radius 3 is 2.67 bits per heavy atom. The molecular weight excluding hydrogens is 211 g/mol. The van der Waals surface area contributed by atoms with Crippen LogP contribution in [-0.2, 0) is 0 Å². The summed E-state index contributed by atoms with van der Waals surface area (Å²) in [6.45, 7) is 0. The Morgan fingerprint density at radius 1 is 1.53 bits per heavy atom. The number of benzene rings is 1. The summed E-state index contributed by atoms with van der Waals surface area (Å²) < 4.78 is 13.7. The molecule has 2 nitrogen and oxygen atoms in total. The molecule has 2 N–H and O–H groups in total. The van der Waals surface area contributed by atoms with Gasteiger partial charge in [-0.3, -0.25) is 0 Å². The highest BCUT2D eigenvalue weighted by Gasteiger charge is 2.27. The first-order valence-corrected chi connectivity index (χ1v) is 5.32. The van der Waals surface area contributed by atoms with Crippen molar-refractivity contribution >= 4 is 22.9 Å². The van der Waals surface area contributed by atoms with Gasteiger partial charge in [0.25, 0.3) is 0 Å². The number of rotatable bonds is 3. The lowest BCUT2D eigenvalue weighted by Crippen LogP contribution is -2.21. The molecule has 0 bridgehead atoms. The first-order valence-electron chi connectivity index (χ1n) is 4.92. The van der Waals surface area contributed by atoms with E-state index >= 15 is 0 Å². The van der Waals surface area contributed by atoms with Gasteiger partial charge in [0.15, 0.2) is 0 Å². The summed E-state index contributed by atoms with van der Waals surface area (Å²) in [6, 6.07) is 5.40. The van der Waals surface area contributed by atoms with Crippen molar-refractivity contribution in [3.8, 4) is 0 Å². The number of nitrogens with two attached hydrogens (primary N) is 1. The molecule has 80 valence electrons. The fourth-order valence-corrected chi connectivity index (χ4v) is 1.73. The third-order valence-corrected chi connectivity index (χ3v) is 2.94. The molecule has 0 unspecified atom stereocenters. The van der Waals surface area contributed by atoms with Crippen LogP contribution >= 0.6 is 12.2 Å². The van der Waals surface area contributed by atoms with E-state index in [0.29, 0.717) is 17.3 Å². The van der Waals surface area contributed by atoms with Gasteiger partial charge in [0.2, 0.25) is 0 Å². The van der Waals surface area contributed by atoms with Crippen molar-refractivity contribution in [2.24, 2.45) is 5.73 Å². The summed E-state index contributed by atoms with van der Waals surface area (Å²) in [6.07, 6.45) is 2.29. The Kier molecular flexibility index (Phi) is 2.61. The minimum Gasteiger partial charge on any atom is -0.389 e. The standard InChI is InChI=1S/C11H13FN2S/c1-14(8-3-4-8)10-5-2-7(11(13)15)6-9(10)12/h2,5-6,8H,3-4H2,1H3,(H2,13,15). The first-order chi connectivity index (χ1) is 7.09. The van der Waals surface area contributed by atoms with Crippen molar-refractivity contribution < 1.29 is 4.39 Å². The van der Waals surface area contributed by atoms with Crippen LogP contribution in [0, 0.1) is 5.82 Å². The van der Waals surface area contributed by atoms with Gasteiger partial charge in [0.05, 0.1) is 5.69 Å². The molecule has 0 aromatic heterocycles. The smallest absolute Gasteiger partial charge is 0.147 e.